The molecule has 2 aromatic carbocycles. The second kappa shape index (κ2) is 5.20. The summed E-state index contributed by atoms with van der Waals surface area (Å²) in [5, 5.41) is 18.7. The van der Waals surface area contributed by atoms with Crippen LogP contribution in [0.15, 0.2) is 54.6 Å². The second-order valence-corrected chi connectivity index (χ2v) is 4.56. The van der Waals surface area contributed by atoms with E-state index in [4.69, 9.17) is 10.00 Å². The number of allylic oxidation sites excluding steroid dienone is 1. The van der Waals surface area contributed by atoms with E-state index in [0.717, 1.165) is 22.3 Å². The lowest BCUT2D eigenvalue weighted by molar-refractivity contribution is 0.117. The molecule has 1 unspecified atom stereocenters. The molecule has 3 heteroatoms. The number of aliphatic hydroxyl groups excluding tert-OH is 1. The maximum atomic E-state index is 9.60. The molecule has 98 valence electrons. The molecule has 1 aliphatic rings. The van der Waals surface area contributed by atoms with E-state index in [0.29, 0.717) is 5.75 Å². The minimum absolute atomic E-state index is 0.106. The Morgan fingerprint density at radius 3 is 2.55 bits per heavy atom. The summed E-state index contributed by atoms with van der Waals surface area (Å²) in [6, 6.07) is 17.4. The number of hydrogen-bond acceptors (Lipinski definition) is 3. The monoisotopic (exact) mass is 263 g/mol. The van der Waals surface area contributed by atoms with E-state index in [1.165, 1.54) is 6.08 Å². The van der Waals surface area contributed by atoms with Crippen LogP contribution in [0.1, 0.15) is 22.8 Å². The van der Waals surface area contributed by atoms with Crippen molar-refractivity contribution in [2.45, 2.75) is 6.10 Å². The fourth-order valence-electron chi connectivity index (χ4n) is 2.53. The SMILES string of the molecule is N#CC=C1c2ccccc2OC(CO)c2ccccc21. The standard InChI is InChI=1S/C17H13NO2/c18-10-9-13-12-5-1-2-7-15(12)17(11-19)20-16-8-4-3-6-14(13)16/h1-9,17,19H,11H2. The van der Waals surface area contributed by atoms with Gasteiger partial charge < -0.3 is 9.84 Å². The molecule has 0 aromatic heterocycles. The molecule has 1 heterocycles. The fourth-order valence-corrected chi connectivity index (χ4v) is 2.53. The first kappa shape index (κ1) is 12.5. The number of fused-ring (bicyclic) bond motifs is 2. The van der Waals surface area contributed by atoms with Crippen molar-refractivity contribution in [2.75, 3.05) is 6.61 Å². The lowest BCUT2D eigenvalue weighted by Gasteiger charge is -2.16. The maximum Gasteiger partial charge on any atom is 0.147 e. The first-order valence-corrected chi connectivity index (χ1v) is 6.41. The van der Waals surface area contributed by atoms with Crippen molar-refractivity contribution < 1.29 is 9.84 Å². The number of para-hydroxylation sites is 1. The molecule has 3 rings (SSSR count). The summed E-state index contributed by atoms with van der Waals surface area (Å²) in [5.41, 5.74) is 3.53. The molecule has 20 heavy (non-hydrogen) atoms. The topological polar surface area (TPSA) is 53.2 Å². The first-order chi connectivity index (χ1) is 9.85. The predicted molar refractivity (Wildman–Crippen MR) is 76.0 cm³/mol. The molecule has 0 bridgehead atoms. The van der Waals surface area contributed by atoms with Gasteiger partial charge in [0.15, 0.2) is 0 Å². The van der Waals surface area contributed by atoms with Gasteiger partial charge in [0.1, 0.15) is 11.9 Å². The Labute approximate surface area is 117 Å². The zero-order valence-electron chi connectivity index (χ0n) is 10.8. The Balaban J connectivity index is 2.31. The highest BCUT2D eigenvalue weighted by Crippen LogP contribution is 2.40. The van der Waals surface area contributed by atoms with Crippen LogP contribution in [0.3, 0.4) is 0 Å². The van der Waals surface area contributed by atoms with Crippen molar-refractivity contribution >= 4 is 5.57 Å². The molecule has 0 saturated carbocycles. The van der Waals surface area contributed by atoms with Gasteiger partial charge in [-0.3, -0.25) is 0 Å². The van der Waals surface area contributed by atoms with Gasteiger partial charge in [0.05, 0.1) is 12.7 Å². The average Bonchev–Trinajstić information content (AvgIpc) is 2.63. The number of nitriles is 1. The number of aliphatic hydroxyl groups is 1. The minimum Gasteiger partial charge on any atom is -0.483 e. The van der Waals surface area contributed by atoms with E-state index in [9.17, 15) is 5.11 Å². The minimum atomic E-state index is -0.419. The molecule has 3 nitrogen and oxygen atoms in total. The van der Waals surface area contributed by atoms with Crippen LogP contribution in [0, 0.1) is 11.3 Å². The third-order valence-electron chi connectivity index (χ3n) is 3.42. The van der Waals surface area contributed by atoms with E-state index < -0.39 is 6.10 Å². The van der Waals surface area contributed by atoms with Crippen molar-refractivity contribution in [1.82, 2.24) is 0 Å². The number of benzene rings is 2. The Bertz CT molecular complexity index is 713. The van der Waals surface area contributed by atoms with E-state index >= 15 is 0 Å². The highest BCUT2D eigenvalue weighted by molar-refractivity contribution is 5.86. The van der Waals surface area contributed by atoms with Crippen LogP contribution in [-0.2, 0) is 0 Å². The normalized spacial score (nSPS) is 18.4. The lowest BCUT2D eigenvalue weighted by atomic mass is 9.92. The molecular formula is C17H13NO2. The van der Waals surface area contributed by atoms with Gasteiger partial charge in [0.2, 0.25) is 0 Å². The van der Waals surface area contributed by atoms with Crippen LogP contribution >= 0.6 is 0 Å². The van der Waals surface area contributed by atoms with Crippen LogP contribution in [0.5, 0.6) is 5.75 Å². The predicted octanol–water partition coefficient (Wildman–Crippen LogP) is 3.07. The van der Waals surface area contributed by atoms with Gasteiger partial charge in [-0.25, -0.2) is 0 Å². The van der Waals surface area contributed by atoms with E-state index in [1.54, 1.807) is 0 Å². The molecule has 0 saturated heterocycles. The molecule has 2 aromatic rings. The van der Waals surface area contributed by atoms with Crippen LogP contribution in [-0.4, -0.2) is 11.7 Å². The highest BCUT2D eigenvalue weighted by atomic mass is 16.5. The van der Waals surface area contributed by atoms with Crippen LogP contribution < -0.4 is 4.74 Å². The van der Waals surface area contributed by atoms with Gasteiger partial charge in [0, 0.05) is 22.8 Å². The van der Waals surface area contributed by atoms with E-state index in [-0.39, 0.29) is 6.61 Å². The highest BCUT2D eigenvalue weighted by Gasteiger charge is 2.25. The van der Waals surface area contributed by atoms with Gasteiger partial charge in [-0.05, 0) is 11.6 Å². The summed E-state index contributed by atoms with van der Waals surface area (Å²) in [4.78, 5) is 0. The largest absolute Gasteiger partial charge is 0.483 e. The Morgan fingerprint density at radius 2 is 1.80 bits per heavy atom. The molecular weight excluding hydrogens is 250 g/mol. The third-order valence-corrected chi connectivity index (χ3v) is 3.42. The number of rotatable bonds is 1. The summed E-state index contributed by atoms with van der Waals surface area (Å²) in [5.74, 6) is 0.684. The molecule has 0 amide bonds. The molecule has 1 N–H and O–H groups in total. The average molecular weight is 263 g/mol. The summed E-state index contributed by atoms with van der Waals surface area (Å²) in [7, 11) is 0. The van der Waals surface area contributed by atoms with Gasteiger partial charge >= 0.3 is 0 Å². The number of ether oxygens (including phenoxy) is 1. The first-order valence-electron chi connectivity index (χ1n) is 6.41. The van der Waals surface area contributed by atoms with Crippen LogP contribution in [0.2, 0.25) is 0 Å². The summed E-state index contributed by atoms with van der Waals surface area (Å²) in [6.45, 7) is -0.106. The summed E-state index contributed by atoms with van der Waals surface area (Å²) < 4.78 is 5.91. The van der Waals surface area contributed by atoms with Crippen molar-refractivity contribution in [2.24, 2.45) is 0 Å². The Kier molecular flexibility index (Phi) is 3.24. The molecule has 0 radical (unpaired) electrons. The van der Waals surface area contributed by atoms with Crippen molar-refractivity contribution in [3.63, 3.8) is 0 Å². The molecule has 0 fully saturated rings. The number of nitrogens with zero attached hydrogens (tertiary/aromatic N) is 1. The van der Waals surface area contributed by atoms with E-state index in [2.05, 4.69) is 6.07 Å². The van der Waals surface area contributed by atoms with Gasteiger partial charge in [-0.2, -0.15) is 5.26 Å². The maximum absolute atomic E-state index is 9.60. The van der Waals surface area contributed by atoms with Crippen molar-refractivity contribution in [3.05, 3.63) is 71.3 Å². The third kappa shape index (κ3) is 1.97. The van der Waals surface area contributed by atoms with Crippen LogP contribution in [0.25, 0.3) is 5.57 Å². The summed E-state index contributed by atoms with van der Waals surface area (Å²) >= 11 is 0. The molecule has 0 spiro atoms. The number of hydrogen-bond donors (Lipinski definition) is 1. The molecule has 1 aliphatic heterocycles. The second-order valence-electron chi connectivity index (χ2n) is 4.56. The molecule has 0 aliphatic carbocycles. The zero-order chi connectivity index (χ0) is 13.9. The molecule has 1 atom stereocenters. The zero-order valence-corrected chi connectivity index (χ0v) is 10.8. The van der Waals surface area contributed by atoms with Gasteiger partial charge in [-0.1, -0.05) is 42.5 Å². The van der Waals surface area contributed by atoms with Crippen molar-refractivity contribution in [1.29, 1.82) is 5.26 Å². The quantitative estimate of drug-likeness (QED) is 0.804. The fraction of sp³-hybridized carbons (Fsp3) is 0.118. The van der Waals surface area contributed by atoms with Gasteiger partial charge in [0.25, 0.3) is 0 Å². The van der Waals surface area contributed by atoms with E-state index in [1.807, 2.05) is 48.5 Å². The Morgan fingerprint density at radius 1 is 1.10 bits per heavy atom. The smallest absolute Gasteiger partial charge is 0.147 e. The van der Waals surface area contributed by atoms with Gasteiger partial charge in [-0.15, -0.1) is 0 Å². The summed E-state index contributed by atoms with van der Waals surface area (Å²) in [6.07, 6.45) is 1.11. The van der Waals surface area contributed by atoms with Crippen LogP contribution in [0.4, 0.5) is 0 Å². The van der Waals surface area contributed by atoms with Crippen molar-refractivity contribution in [3.8, 4) is 11.8 Å². The lowest BCUT2D eigenvalue weighted by Crippen LogP contribution is -2.12. The Hall–Kier alpha value is -2.57.